The molecule has 1 aromatic heterocycles. The molecule has 0 bridgehead atoms. The summed E-state index contributed by atoms with van der Waals surface area (Å²) in [5.41, 5.74) is 0.906. The number of nitrogens with one attached hydrogen (secondary N) is 1. The molecule has 5 heteroatoms. The number of hydrogen-bond acceptors (Lipinski definition) is 3. The van der Waals surface area contributed by atoms with Gasteiger partial charge in [0.1, 0.15) is 0 Å². The van der Waals surface area contributed by atoms with Crippen LogP contribution < -0.4 is 10.1 Å². The minimum atomic E-state index is -0.361. The maximum atomic E-state index is 14.1. The van der Waals surface area contributed by atoms with Crippen molar-refractivity contribution in [1.82, 2.24) is 15.1 Å². The minimum absolute atomic E-state index is 0.117. The van der Waals surface area contributed by atoms with Gasteiger partial charge in [-0.05, 0) is 37.6 Å². The molecule has 0 saturated heterocycles. The smallest absolute Gasteiger partial charge is 0.166 e. The van der Waals surface area contributed by atoms with Crippen LogP contribution in [0.15, 0.2) is 30.6 Å². The van der Waals surface area contributed by atoms with E-state index in [0.29, 0.717) is 5.75 Å². The van der Waals surface area contributed by atoms with E-state index in [4.69, 9.17) is 4.74 Å². The Balaban J connectivity index is 2.09. The van der Waals surface area contributed by atoms with Crippen molar-refractivity contribution in [3.63, 3.8) is 0 Å². The van der Waals surface area contributed by atoms with Crippen LogP contribution in [0.5, 0.6) is 11.5 Å². The maximum absolute atomic E-state index is 14.1. The van der Waals surface area contributed by atoms with E-state index in [9.17, 15) is 4.39 Å². The topological polar surface area (TPSA) is 39.1 Å². The fraction of sp³-hybridized carbons (Fsp3) is 0.438. The van der Waals surface area contributed by atoms with Gasteiger partial charge in [0.25, 0.3) is 0 Å². The van der Waals surface area contributed by atoms with Crippen molar-refractivity contribution in [2.75, 3.05) is 6.54 Å². The van der Waals surface area contributed by atoms with Crippen LogP contribution in [0.1, 0.15) is 38.8 Å². The zero-order chi connectivity index (χ0) is 15.2. The quantitative estimate of drug-likeness (QED) is 0.841. The van der Waals surface area contributed by atoms with E-state index >= 15 is 0 Å². The molecule has 0 amide bonds. The van der Waals surface area contributed by atoms with Crippen molar-refractivity contribution in [2.24, 2.45) is 0 Å². The molecule has 1 heterocycles. The van der Waals surface area contributed by atoms with Crippen molar-refractivity contribution < 1.29 is 9.13 Å². The van der Waals surface area contributed by atoms with Gasteiger partial charge in [0.2, 0.25) is 0 Å². The van der Waals surface area contributed by atoms with Gasteiger partial charge in [-0.15, -0.1) is 0 Å². The van der Waals surface area contributed by atoms with E-state index in [1.54, 1.807) is 23.1 Å². The Morgan fingerprint density at radius 3 is 2.86 bits per heavy atom. The van der Waals surface area contributed by atoms with Gasteiger partial charge >= 0.3 is 0 Å². The summed E-state index contributed by atoms with van der Waals surface area (Å²) in [5, 5.41) is 7.42. The number of rotatable bonds is 7. The largest absolute Gasteiger partial charge is 0.451 e. The highest BCUT2D eigenvalue weighted by molar-refractivity contribution is 5.34. The van der Waals surface area contributed by atoms with Crippen LogP contribution in [0.4, 0.5) is 4.39 Å². The third kappa shape index (κ3) is 4.04. The van der Waals surface area contributed by atoms with Crippen LogP contribution in [-0.2, 0) is 6.54 Å². The highest BCUT2D eigenvalue weighted by atomic mass is 19.1. The Morgan fingerprint density at radius 2 is 2.19 bits per heavy atom. The molecule has 4 nitrogen and oxygen atoms in total. The fourth-order valence-corrected chi connectivity index (χ4v) is 2.17. The Kier molecular flexibility index (Phi) is 5.33. The highest BCUT2D eigenvalue weighted by Crippen LogP contribution is 2.26. The lowest BCUT2D eigenvalue weighted by atomic mass is 10.1. The number of hydrogen-bond donors (Lipinski definition) is 1. The summed E-state index contributed by atoms with van der Waals surface area (Å²) in [6.07, 6.45) is 4.37. The average molecular weight is 291 g/mol. The molecule has 0 spiro atoms. The molecule has 21 heavy (non-hydrogen) atoms. The van der Waals surface area contributed by atoms with Crippen LogP contribution in [0.3, 0.4) is 0 Å². The molecular weight excluding hydrogens is 269 g/mol. The van der Waals surface area contributed by atoms with Crippen LogP contribution >= 0.6 is 0 Å². The van der Waals surface area contributed by atoms with Gasteiger partial charge in [-0.2, -0.15) is 5.10 Å². The first-order chi connectivity index (χ1) is 10.1. The number of benzene rings is 1. The van der Waals surface area contributed by atoms with Gasteiger partial charge in [-0.25, -0.2) is 4.39 Å². The summed E-state index contributed by atoms with van der Waals surface area (Å²) < 4.78 is 21.4. The molecule has 0 fully saturated rings. The molecule has 1 aromatic carbocycles. The lowest BCUT2D eigenvalue weighted by Gasteiger charge is -2.13. The first-order valence-electron chi connectivity index (χ1n) is 7.37. The van der Waals surface area contributed by atoms with E-state index in [1.807, 2.05) is 19.9 Å². The van der Waals surface area contributed by atoms with E-state index in [-0.39, 0.29) is 17.6 Å². The van der Waals surface area contributed by atoms with Crippen LogP contribution in [0.25, 0.3) is 0 Å². The number of aryl methyl sites for hydroxylation is 1. The second-order valence-electron chi connectivity index (χ2n) is 5.01. The predicted molar refractivity (Wildman–Crippen MR) is 81.1 cm³/mol. The van der Waals surface area contributed by atoms with Crippen molar-refractivity contribution in [1.29, 1.82) is 0 Å². The zero-order valence-electron chi connectivity index (χ0n) is 12.8. The molecule has 114 valence electrons. The molecule has 0 aliphatic rings. The maximum Gasteiger partial charge on any atom is 0.166 e. The van der Waals surface area contributed by atoms with Crippen molar-refractivity contribution >= 4 is 0 Å². The second kappa shape index (κ2) is 7.22. The van der Waals surface area contributed by atoms with Crippen molar-refractivity contribution in [3.05, 3.63) is 42.0 Å². The highest BCUT2D eigenvalue weighted by Gasteiger charge is 2.10. The Bertz CT molecular complexity index is 583. The molecular formula is C16H22FN3O. The number of ether oxygens (including phenoxy) is 1. The molecule has 0 radical (unpaired) electrons. The summed E-state index contributed by atoms with van der Waals surface area (Å²) in [5.74, 6) is 0.411. The first kappa shape index (κ1) is 15.5. The SMILES string of the molecule is CCCn1cc(Oc2ccc(C(C)NCC)cc2F)cn1. The van der Waals surface area contributed by atoms with Crippen LogP contribution in [0, 0.1) is 5.82 Å². The summed E-state index contributed by atoms with van der Waals surface area (Å²) in [6.45, 7) is 7.78. The molecule has 2 rings (SSSR count). The number of halogens is 1. The predicted octanol–water partition coefficient (Wildman–Crippen LogP) is 3.90. The Hall–Kier alpha value is -1.88. The Morgan fingerprint density at radius 1 is 1.38 bits per heavy atom. The number of aromatic nitrogens is 2. The molecule has 0 aliphatic heterocycles. The molecule has 0 aliphatic carbocycles. The molecule has 1 atom stereocenters. The van der Waals surface area contributed by atoms with Gasteiger partial charge in [-0.3, -0.25) is 4.68 Å². The lowest BCUT2D eigenvalue weighted by Crippen LogP contribution is -2.17. The van der Waals surface area contributed by atoms with Crippen LogP contribution in [-0.4, -0.2) is 16.3 Å². The third-order valence-corrected chi connectivity index (χ3v) is 3.26. The zero-order valence-corrected chi connectivity index (χ0v) is 12.8. The Labute approximate surface area is 124 Å². The van der Waals surface area contributed by atoms with Gasteiger partial charge in [-0.1, -0.05) is 19.9 Å². The van der Waals surface area contributed by atoms with Crippen LogP contribution in [0.2, 0.25) is 0 Å². The molecule has 1 unspecified atom stereocenters. The normalized spacial score (nSPS) is 12.4. The van der Waals surface area contributed by atoms with E-state index in [1.165, 1.54) is 6.07 Å². The van der Waals surface area contributed by atoms with E-state index < -0.39 is 0 Å². The third-order valence-electron chi connectivity index (χ3n) is 3.26. The minimum Gasteiger partial charge on any atom is -0.451 e. The summed E-state index contributed by atoms with van der Waals surface area (Å²) in [4.78, 5) is 0. The summed E-state index contributed by atoms with van der Waals surface area (Å²) in [7, 11) is 0. The van der Waals surface area contributed by atoms with Gasteiger partial charge in [0.05, 0.1) is 12.4 Å². The second-order valence-corrected chi connectivity index (χ2v) is 5.01. The molecule has 0 saturated carbocycles. The monoisotopic (exact) mass is 291 g/mol. The summed E-state index contributed by atoms with van der Waals surface area (Å²) in [6, 6.07) is 5.17. The molecule has 1 N–H and O–H groups in total. The lowest BCUT2D eigenvalue weighted by molar-refractivity contribution is 0.439. The van der Waals surface area contributed by atoms with Gasteiger partial charge < -0.3 is 10.1 Å². The van der Waals surface area contributed by atoms with Crippen molar-refractivity contribution in [2.45, 2.75) is 39.8 Å². The fourth-order valence-electron chi connectivity index (χ4n) is 2.17. The van der Waals surface area contributed by atoms with E-state index in [0.717, 1.165) is 25.1 Å². The summed E-state index contributed by atoms with van der Waals surface area (Å²) >= 11 is 0. The van der Waals surface area contributed by atoms with Gasteiger partial charge in [0.15, 0.2) is 17.3 Å². The van der Waals surface area contributed by atoms with Crippen molar-refractivity contribution in [3.8, 4) is 11.5 Å². The average Bonchev–Trinajstić information content (AvgIpc) is 2.89. The van der Waals surface area contributed by atoms with Gasteiger partial charge in [0, 0.05) is 12.6 Å². The number of nitrogens with zero attached hydrogens (tertiary/aromatic N) is 2. The van der Waals surface area contributed by atoms with E-state index in [2.05, 4.69) is 17.3 Å². The standard InChI is InChI=1S/C16H22FN3O/c1-4-8-20-11-14(10-19-20)21-16-7-6-13(9-15(16)17)12(3)18-5-2/h6-7,9-12,18H,4-5,8H2,1-3H3. The first-order valence-corrected chi connectivity index (χ1v) is 7.37. The molecule has 2 aromatic rings.